The molecule has 0 bridgehead atoms. The number of nitrogens with one attached hydrogen (secondary N) is 1. The molecule has 1 N–H and O–H groups in total. The van der Waals surface area contributed by atoms with E-state index in [2.05, 4.69) is 10.3 Å². The third-order valence-corrected chi connectivity index (χ3v) is 5.68. The number of amides is 1. The molecule has 0 saturated carbocycles. The topological polar surface area (TPSA) is 50.2 Å². The Morgan fingerprint density at radius 1 is 1.44 bits per heavy atom. The monoisotopic (exact) mass is 420 g/mol. The standard InChI is InChI=1S/C16H18Cl2N4OS.ClH/c1-21-6-5-20-16(21)13-9-19-4-7-22(13)15(23)10-24-14-8-11(17)2-3-12(14)18;/h2-3,5-6,8,13,19H,4,7,9-10H2,1H3;1H. The van der Waals surface area contributed by atoms with Gasteiger partial charge in [0.25, 0.3) is 0 Å². The van der Waals surface area contributed by atoms with E-state index in [4.69, 9.17) is 23.2 Å². The van der Waals surface area contributed by atoms with Gasteiger partial charge in [-0.25, -0.2) is 4.98 Å². The van der Waals surface area contributed by atoms with Gasteiger partial charge in [0, 0.05) is 49.0 Å². The maximum absolute atomic E-state index is 12.7. The number of rotatable bonds is 4. The number of thioether (sulfide) groups is 1. The van der Waals surface area contributed by atoms with Crippen molar-refractivity contribution >= 4 is 53.3 Å². The van der Waals surface area contributed by atoms with Crippen molar-refractivity contribution in [2.24, 2.45) is 7.05 Å². The molecule has 1 aromatic heterocycles. The van der Waals surface area contributed by atoms with Gasteiger partial charge in [0.1, 0.15) is 11.9 Å². The molecule has 136 valence electrons. The quantitative estimate of drug-likeness (QED) is 0.769. The number of aryl methyl sites for hydroxylation is 1. The van der Waals surface area contributed by atoms with E-state index in [9.17, 15) is 4.79 Å². The van der Waals surface area contributed by atoms with Gasteiger partial charge < -0.3 is 14.8 Å². The van der Waals surface area contributed by atoms with Crippen molar-refractivity contribution in [1.29, 1.82) is 0 Å². The second-order valence-electron chi connectivity index (χ2n) is 5.57. The van der Waals surface area contributed by atoms with Crippen LogP contribution in [0.5, 0.6) is 0 Å². The van der Waals surface area contributed by atoms with E-state index >= 15 is 0 Å². The second-order valence-corrected chi connectivity index (χ2v) is 7.43. The number of aromatic nitrogens is 2. The largest absolute Gasteiger partial charge is 0.336 e. The summed E-state index contributed by atoms with van der Waals surface area (Å²) in [6.07, 6.45) is 3.65. The number of carbonyl (C=O) groups is 1. The highest BCUT2D eigenvalue weighted by Crippen LogP contribution is 2.31. The Morgan fingerprint density at radius 2 is 2.24 bits per heavy atom. The van der Waals surface area contributed by atoms with Crippen molar-refractivity contribution in [3.05, 3.63) is 46.5 Å². The van der Waals surface area contributed by atoms with Gasteiger partial charge >= 0.3 is 0 Å². The van der Waals surface area contributed by atoms with Crippen molar-refractivity contribution in [1.82, 2.24) is 19.8 Å². The van der Waals surface area contributed by atoms with Crippen LogP contribution in [-0.2, 0) is 11.8 Å². The van der Waals surface area contributed by atoms with Crippen LogP contribution >= 0.6 is 47.4 Å². The molecule has 0 spiro atoms. The Labute approximate surface area is 167 Å². The van der Waals surface area contributed by atoms with Crippen LogP contribution in [0.25, 0.3) is 0 Å². The summed E-state index contributed by atoms with van der Waals surface area (Å²) in [4.78, 5) is 19.9. The molecule has 2 heterocycles. The van der Waals surface area contributed by atoms with Gasteiger partial charge in [-0.3, -0.25) is 4.79 Å². The average Bonchev–Trinajstić information content (AvgIpc) is 3.01. The number of nitrogens with zero attached hydrogens (tertiary/aromatic N) is 3. The van der Waals surface area contributed by atoms with Crippen LogP contribution in [0.3, 0.4) is 0 Å². The molecule has 2 aromatic rings. The van der Waals surface area contributed by atoms with Crippen LogP contribution in [-0.4, -0.2) is 45.7 Å². The van der Waals surface area contributed by atoms with Crippen molar-refractivity contribution in [3.63, 3.8) is 0 Å². The van der Waals surface area contributed by atoms with Gasteiger partial charge in [-0.15, -0.1) is 24.2 Å². The summed E-state index contributed by atoms with van der Waals surface area (Å²) < 4.78 is 1.96. The van der Waals surface area contributed by atoms with Gasteiger partial charge in [0.05, 0.1) is 10.8 Å². The zero-order chi connectivity index (χ0) is 17.1. The summed E-state index contributed by atoms with van der Waals surface area (Å²) in [6, 6.07) is 5.22. The van der Waals surface area contributed by atoms with E-state index in [0.29, 0.717) is 28.9 Å². The van der Waals surface area contributed by atoms with E-state index in [1.165, 1.54) is 11.8 Å². The fourth-order valence-corrected chi connectivity index (χ4v) is 4.12. The smallest absolute Gasteiger partial charge is 0.233 e. The zero-order valence-corrected chi connectivity index (χ0v) is 16.8. The summed E-state index contributed by atoms with van der Waals surface area (Å²) >= 11 is 13.6. The van der Waals surface area contributed by atoms with Crippen LogP contribution in [0, 0.1) is 0 Å². The molecule has 1 aliphatic heterocycles. The SMILES string of the molecule is Cl.Cn1ccnc1C1CNCCN1C(=O)CSc1cc(Cl)ccc1Cl. The number of imidazole rings is 1. The van der Waals surface area contributed by atoms with Gasteiger partial charge in [0.15, 0.2) is 0 Å². The van der Waals surface area contributed by atoms with E-state index in [1.807, 2.05) is 22.7 Å². The van der Waals surface area contributed by atoms with Crippen LogP contribution < -0.4 is 5.32 Å². The number of halogens is 3. The lowest BCUT2D eigenvalue weighted by molar-refractivity contribution is -0.131. The van der Waals surface area contributed by atoms with Crippen LogP contribution in [0.4, 0.5) is 0 Å². The molecule has 1 saturated heterocycles. The second kappa shape index (κ2) is 9.14. The lowest BCUT2D eigenvalue weighted by atomic mass is 10.1. The molecular formula is C16H19Cl3N4OS. The zero-order valence-electron chi connectivity index (χ0n) is 13.6. The Balaban J connectivity index is 0.00000225. The first-order chi connectivity index (χ1) is 11.6. The molecule has 9 heteroatoms. The van der Waals surface area contributed by atoms with Crippen LogP contribution in [0.2, 0.25) is 10.0 Å². The fraction of sp³-hybridized carbons (Fsp3) is 0.375. The molecule has 0 aliphatic carbocycles. The lowest BCUT2D eigenvalue weighted by Crippen LogP contribution is -2.50. The molecule has 1 atom stereocenters. The minimum Gasteiger partial charge on any atom is -0.336 e. The van der Waals surface area contributed by atoms with Gasteiger partial charge in [-0.05, 0) is 18.2 Å². The van der Waals surface area contributed by atoms with E-state index < -0.39 is 0 Å². The average molecular weight is 422 g/mol. The molecule has 1 fully saturated rings. The highest BCUT2D eigenvalue weighted by Gasteiger charge is 2.30. The molecule has 3 rings (SSSR count). The first-order valence-electron chi connectivity index (χ1n) is 7.61. The molecule has 1 unspecified atom stereocenters. The minimum atomic E-state index is -0.0540. The Bertz CT molecular complexity index is 740. The highest BCUT2D eigenvalue weighted by molar-refractivity contribution is 8.00. The summed E-state index contributed by atoms with van der Waals surface area (Å²) in [6.45, 7) is 2.16. The lowest BCUT2D eigenvalue weighted by Gasteiger charge is -2.35. The molecule has 1 aromatic carbocycles. The Morgan fingerprint density at radius 3 is 2.96 bits per heavy atom. The molecule has 5 nitrogen and oxygen atoms in total. The molecule has 0 radical (unpaired) electrons. The van der Waals surface area contributed by atoms with Crippen molar-refractivity contribution in [3.8, 4) is 0 Å². The van der Waals surface area contributed by atoms with Gasteiger partial charge in [0.2, 0.25) is 5.91 Å². The van der Waals surface area contributed by atoms with E-state index in [0.717, 1.165) is 17.3 Å². The number of benzene rings is 1. The minimum absolute atomic E-state index is 0. The predicted molar refractivity (Wildman–Crippen MR) is 105 cm³/mol. The van der Waals surface area contributed by atoms with Crippen LogP contribution in [0.1, 0.15) is 11.9 Å². The van der Waals surface area contributed by atoms with Crippen LogP contribution in [0.15, 0.2) is 35.5 Å². The van der Waals surface area contributed by atoms with Gasteiger partial charge in [-0.2, -0.15) is 0 Å². The molecule has 25 heavy (non-hydrogen) atoms. The highest BCUT2D eigenvalue weighted by atomic mass is 35.5. The summed E-state index contributed by atoms with van der Waals surface area (Å²) in [7, 11) is 1.94. The third kappa shape index (κ3) is 4.83. The summed E-state index contributed by atoms with van der Waals surface area (Å²) in [5.74, 6) is 1.29. The predicted octanol–water partition coefficient (Wildman–Crippen LogP) is 3.41. The van der Waals surface area contributed by atoms with E-state index in [1.54, 1.807) is 24.4 Å². The van der Waals surface area contributed by atoms with Crippen molar-refractivity contribution in [2.75, 3.05) is 25.4 Å². The number of hydrogen-bond acceptors (Lipinski definition) is 4. The fourth-order valence-electron chi connectivity index (χ4n) is 2.74. The maximum atomic E-state index is 12.7. The van der Waals surface area contributed by atoms with Crippen molar-refractivity contribution in [2.45, 2.75) is 10.9 Å². The van der Waals surface area contributed by atoms with E-state index in [-0.39, 0.29) is 24.4 Å². The Hall–Kier alpha value is -0.920. The molecule has 1 amide bonds. The normalized spacial score (nSPS) is 17.2. The summed E-state index contributed by atoms with van der Waals surface area (Å²) in [5, 5.41) is 4.56. The van der Waals surface area contributed by atoms with Gasteiger partial charge in [-0.1, -0.05) is 23.2 Å². The number of carbonyl (C=O) groups excluding carboxylic acids is 1. The van der Waals surface area contributed by atoms with Crippen molar-refractivity contribution < 1.29 is 4.79 Å². The summed E-state index contributed by atoms with van der Waals surface area (Å²) in [5.41, 5.74) is 0. The first-order valence-corrected chi connectivity index (χ1v) is 9.35. The molecular weight excluding hydrogens is 403 g/mol. The number of hydrogen-bond donors (Lipinski definition) is 1. The number of piperazine rings is 1. The molecule has 1 aliphatic rings. The maximum Gasteiger partial charge on any atom is 0.233 e. The first kappa shape index (κ1) is 20.4. The Kier molecular flexibility index (Phi) is 7.46. The third-order valence-electron chi connectivity index (χ3n) is 3.96.